The van der Waals surface area contributed by atoms with Gasteiger partial charge in [0, 0.05) is 23.7 Å². The standard InChI is InChI=1S/C20H35N3O/c1-3-4-12-23(2)15-17-14-21-22-19(17)16-8-9-18(24)20(13-16)10-6-5-7-11-20/h14,16,18,24H,3-13,15H2,1-2H3,(H,21,22)/t16-,18-/m0/s1. The molecule has 4 heteroatoms. The van der Waals surface area contributed by atoms with E-state index in [0.717, 1.165) is 32.4 Å². The van der Waals surface area contributed by atoms with Crippen molar-refractivity contribution in [3.63, 3.8) is 0 Å². The van der Waals surface area contributed by atoms with Gasteiger partial charge in [-0.3, -0.25) is 5.10 Å². The number of nitrogens with zero attached hydrogens (tertiary/aromatic N) is 2. The molecule has 24 heavy (non-hydrogen) atoms. The van der Waals surface area contributed by atoms with Gasteiger partial charge in [0.1, 0.15) is 0 Å². The summed E-state index contributed by atoms with van der Waals surface area (Å²) in [7, 11) is 2.21. The average molecular weight is 334 g/mol. The molecule has 2 fully saturated rings. The van der Waals surface area contributed by atoms with Gasteiger partial charge in [0.25, 0.3) is 0 Å². The van der Waals surface area contributed by atoms with Gasteiger partial charge in [0.15, 0.2) is 0 Å². The first-order chi connectivity index (χ1) is 11.6. The maximum atomic E-state index is 10.7. The summed E-state index contributed by atoms with van der Waals surface area (Å²) in [5.74, 6) is 0.545. The first kappa shape index (κ1) is 17.9. The van der Waals surface area contributed by atoms with E-state index in [4.69, 9.17) is 0 Å². The Balaban J connectivity index is 1.69. The lowest BCUT2D eigenvalue weighted by atomic mass is 9.60. The fourth-order valence-electron chi connectivity index (χ4n) is 5.03. The molecule has 4 nitrogen and oxygen atoms in total. The highest BCUT2D eigenvalue weighted by Crippen LogP contribution is 2.52. The van der Waals surface area contributed by atoms with Crippen LogP contribution in [0.1, 0.15) is 88.3 Å². The van der Waals surface area contributed by atoms with Crippen LogP contribution < -0.4 is 0 Å². The molecule has 0 radical (unpaired) electrons. The smallest absolute Gasteiger partial charge is 0.0596 e. The Kier molecular flexibility index (Phi) is 5.98. The predicted octanol–water partition coefficient (Wildman–Crippen LogP) is 4.22. The van der Waals surface area contributed by atoms with Crippen LogP contribution in [-0.4, -0.2) is 39.9 Å². The molecule has 1 heterocycles. The van der Waals surface area contributed by atoms with Crippen molar-refractivity contribution in [1.82, 2.24) is 15.1 Å². The van der Waals surface area contributed by atoms with Crippen molar-refractivity contribution < 1.29 is 5.11 Å². The minimum atomic E-state index is -0.0901. The number of aromatic amines is 1. The molecule has 1 spiro atoms. The Hall–Kier alpha value is -0.870. The van der Waals surface area contributed by atoms with E-state index in [1.54, 1.807) is 0 Å². The van der Waals surface area contributed by atoms with E-state index in [2.05, 4.69) is 29.1 Å². The maximum Gasteiger partial charge on any atom is 0.0596 e. The van der Waals surface area contributed by atoms with Crippen LogP contribution in [0.2, 0.25) is 0 Å². The molecule has 1 aromatic heterocycles. The Bertz CT molecular complexity index is 507. The summed E-state index contributed by atoms with van der Waals surface area (Å²) in [5, 5.41) is 18.4. The molecule has 0 saturated heterocycles. The summed E-state index contributed by atoms with van der Waals surface area (Å²) in [6, 6.07) is 0. The highest BCUT2D eigenvalue weighted by Gasteiger charge is 2.44. The van der Waals surface area contributed by atoms with Gasteiger partial charge in [-0.25, -0.2) is 0 Å². The minimum Gasteiger partial charge on any atom is -0.393 e. The molecule has 0 aromatic carbocycles. The van der Waals surface area contributed by atoms with Crippen molar-refractivity contribution in [2.45, 2.75) is 89.7 Å². The van der Waals surface area contributed by atoms with Crippen LogP contribution in [0.25, 0.3) is 0 Å². The molecule has 0 bridgehead atoms. The lowest BCUT2D eigenvalue weighted by Gasteiger charge is -2.47. The monoisotopic (exact) mass is 333 g/mol. The van der Waals surface area contributed by atoms with Gasteiger partial charge in [0.05, 0.1) is 12.3 Å². The number of aliphatic hydroxyl groups is 1. The summed E-state index contributed by atoms with van der Waals surface area (Å²) in [6.07, 6.45) is 14.0. The summed E-state index contributed by atoms with van der Waals surface area (Å²) in [5.41, 5.74) is 2.88. The summed E-state index contributed by atoms with van der Waals surface area (Å²) >= 11 is 0. The Morgan fingerprint density at radius 3 is 2.83 bits per heavy atom. The second kappa shape index (κ2) is 8.01. The molecule has 2 saturated carbocycles. The van der Waals surface area contributed by atoms with Crippen LogP contribution in [0.4, 0.5) is 0 Å². The van der Waals surface area contributed by atoms with Crippen LogP contribution in [-0.2, 0) is 6.54 Å². The zero-order chi connectivity index (χ0) is 17.0. The minimum absolute atomic E-state index is 0.0901. The van der Waals surface area contributed by atoms with Crippen molar-refractivity contribution in [3.8, 4) is 0 Å². The lowest BCUT2D eigenvalue weighted by Crippen LogP contribution is -2.42. The average Bonchev–Trinajstić information content (AvgIpc) is 3.04. The quantitative estimate of drug-likeness (QED) is 0.819. The second-order valence-electron chi connectivity index (χ2n) is 8.32. The van der Waals surface area contributed by atoms with E-state index in [1.807, 2.05) is 6.20 Å². The molecule has 2 aliphatic rings. The van der Waals surface area contributed by atoms with Crippen molar-refractivity contribution in [2.24, 2.45) is 5.41 Å². The molecule has 2 aliphatic carbocycles. The summed E-state index contributed by atoms with van der Waals surface area (Å²) in [4.78, 5) is 2.41. The van der Waals surface area contributed by atoms with Crippen LogP contribution in [0.15, 0.2) is 6.20 Å². The molecule has 3 rings (SSSR count). The molecule has 2 N–H and O–H groups in total. The molecular formula is C20H35N3O. The number of hydrogen-bond acceptors (Lipinski definition) is 3. The number of nitrogens with one attached hydrogen (secondary N) is 1. The number of hydrogen-bond donors (Lipinski definition) is 2. The summed E-state index contributed by atoms with van der Waals surface area (Å²) < 4.78 is 0. The Morgan fingerprint density at radius 1 is 1.29 bits per heavy atom. The van der Waals surface area contributed by atoms with E-state index in [1.165, 1.54) is 56.2 Å². The van der Waals surface area contributed by atoms with Crippen molar-refractivity contribution in [1.29, 1.82) is 0 Å². The highest BCUT2D eigenvalue weighted by atomic mass is 16.3. The third-order valence-electron chi connectivity index (χ3n) is 6.49. The zero-order valence-corrected chi connectivity index (χ0v) is 15.6. The van der Waals surface area contributed by atoms with Crippen molar-refractivity contribution in [3.05, 3.63) is 17.5 Å². The fourth-order valence-corrected chi connectivity index (χ4v) is 5.03. The number of H-pyrrole nitrogens is 1. The van der Waals surface area contributed by atoms with Gasteiger partial charge < -0.3 is 10.0 Å². The number of rotatable bonds is 6. The number of aliphatic hydroxyl groups excluding tert-OH is 1. The molecule has 136 valence electrons. The molecule has 2 atom stereocenters. The van der Waals surface area contributed by atoms with Crippen LogP contribution in [0, 0.1) is 5.41 Å². The van der Waals surface area contributed by atoms with E-state index in [0.29, 0.717) is 5.92 Å². The van der Waals surface area contributed by atoms with E-state index in [9.17, 15) is 5.11 Å². The SMILES string of the molecule is CCCCN(C)Cc1cn[nH]c1[C@H]1CC[C@H](O)C2(CCCCC2)C1. The van der Waals surface area contributed by atoms with Crippen LogP contribution in [0.3, 0.4) is 0 Å². The van der Waals surface area contributed by atoms with Gasteiger partial charge >= 0.3 is 0 Å². The second-order valence-corrected chi connectivity index (χ2v) is 8.32. The van der Waals surface area contributed by atoms with Crippen LogP contribution in [0.5, 0.6) is 0 Å². The third kappa shape index (κ3) is 3.85. The first-order valence-corrected chi connectivity index (χ1v) is 10.0. The highest BCUT2D eigenvalue weighted by molar-refractivity contribution is 5.22. The molecule has 1 aromatic rings. The van der Waals surface area contributed by atoms with Gasteiger partial charge in [-0.15, -0.1) is 0 Å². The fraction of sp³-hybridized carbons (Fsp3) is 0.850. The van der Waals surface area contributed by atoms with Crippen molar-refractivity contribution >= 4 is 0 Å². The predicted molar refractivity (Wildman–Crippen MR) is 97.9 cm³/mol. The molecule has 0 aliphatic heterocycles. The number of unbranched alkanes of at least 4 members (excludes halogenated alkanes) is 1. The largest absolute Gasteiger partial charge is 0.393 e. The maximum absolute atomic E-state index is 10.7. The Labute approximate surface area is 147 Å². The summed E-state index contributed by atoms with van der Waals surface area (Å²) in [6.45, 7) is 4.38. The van der Waals surface area contributed by atoms with E-state index >= 15 is 0 Å². The van der Waals surface area contributed by atoms with Gasteiger partial charge in [0.2, 0.25) is 0 Å². The van der Waals surface area contributed by atoms with Gasteiger partial charge in [-0.2, -0.15) is 5.10 Å². The molecule has 0 amide bonds. The lowest BCUT2D eigenvalue weighted by molar-refractivity contribution is -0.0438. The van der Waals surface area contributed by atoms with Crippen molar-refractivity contribution in [2.75, 3.05) is 13.6 Å². The van der Waals surface area contributed by atoms with E-state index in [-0.39, 0.29) is 11.5 Å². The number of aromatic nitrogens is 2. The topological polar surface area (TPSA) is 52.2 Å². The third-order valence-corrected chi connectivity index (χ3v) is 6.49. The molecule has 0 unspecified atom stereocenters. The van der Waals surface area contributed by atoms with Crippen LogP contribution >= 0.6 is 0 Å². The normalized spacial score (nSPS) is 27.0. The molecular weight excluding hydrogens is 298 g/mol. The van der Waals surface area contributed by atoms with E-state index < -0.39 is 0 Å². The zero-order valence-electron chi connectivity index (χ0n) is 15.6. The Morgan fingerprint density at radius 2 is 2.08 bits per heavy atom. The van der Waals surface area contributed by atoms with Gasteiger partial charge in [-0.1, -0.05) is 32.6 Å². The van der Waals surface area contributed by atoms with Gasteiger partial charge in [-0.05, 0) is 57.5 Å². The first-order valence-electron chi connectivity index (χ1n) is 10.0.